The van der Waals surface area contributed by atoms with Crippen LogP contribution in [0, 0.1) is 12.8 Å². The fourth-order valence-electron chi connectivity index (χ4n) is 3.31. The quantitative estimate of drug-likeness (QED) is 0.769. The summed E-state index contributed by atoms with van der Waals surface area (Å²) in [6.45, 7) is 2.94. The number of carbonyl (C=O) groups is 1. The molecule has 1 saturated heterocycles. The lowest BCUT2D eigenvalue weighted by molar-refractivity contribution is -0.126. The van der Waals surface area contributed by atoms with Gasteiger partial charge < -0.3 is 9.88 Å². The third kappa shape index (κ3) is 4.74. The number of halogens is 1. The smallest absolute Gasteiger partial charge is 0.262 e. The first-order valence-electron chi connectivity index (χ1n) is 9.29. The number of aromatic nitrogens is 2. The number of rotatable bonds is 6. The molecule has 28 heavy (non-hydrogen) atoms. The van der Waals surface area contributed by atoms with Gasteiger partial charge in [0.2, 0.25) is 5.91 Å². The van der Waals surface area contributed by atoms with Crippen LogP contribution in [0.1, 0.15) is 24.2 Å². The second-order valence-electron chi connectivity index (χ2n) is 7.09. The minimum absolute atomic E-state index is 0.0206. The zero-order valence-electron chi connectivity index (χ0n) is 16.1. The van der Waals surface area contributed by atoms with E-state index in [9.17, 15) is 13.2 Å². The molecular formula is C19H25ClN4O3S. The molecule has 0 unspecified atom stereocenters. The molecule has 1 aliphatic heterocycles. The second-order valence-corrected chi connectivity index (χ2v) is 9.41. The minimum atomic E-state index is -3.61. The number of aryl methyl sites for hydroxylation is 2. The van der Waals surface area contributed by atoms with Crippen molar-refractivity contribution >= 4 is 27.5 Å². The lowest BCUT2D eigenvalue weighted by Gasteiger charge is -2.29. The molecule has 1 aromatic carbocycles. The maximum atomic E-state index is 12.7. The molecule has 0 aliphatic carbocycles. The number of carbonyl (C=O) groups excluding carboxylic acids is 1. The summed E-state index contributed by atoms with van der Waals surface area (Å²) in [5.74, 6) is 0.455. The fourth-order valence-corrected chi connectivity index (χ4v) is 5.02. The van der Waals surface area contributed by atoms with Gasteiger partial charge in [-0.2, -0.15) is 4.31 Å². The van der Waals surface area contributed by atoms with E-state index < -0.39 is 10.0 Å². The standard InChI is InChI=1S/C19H25ClN4O3S/c1-14-22-18(13-23(14)2)28(26,27)24-10-7-16(8-11-24)19(25)21-9-6-15-4-3-5-17(20)12-15/h3-5,12-13,16H,6-11H2,1-2H3,(H,21,25). The van der Waals surface area contributed by atoms with E-state index >= 15 is 0 Å². The molecule has 7 nitrogen and oxygen atoms in total. The summed E-state index contributed by atoms with van der Waals surface area (Å²) >= 11 is 5.97. The zero-order valence-corrected chi connectivity index (χ0v) is 17.6. The van der Waals surface area contributed by atoms with Crippen molar-refractivity contribution in [3.05, 3.63) is 46.9 Å². The molecule has 0 atom stereocenters. The summed E-state index contributed by atoms with van der Waals surface area (Å²) in [5, 5.41) is 3.70. The average molecular weight is 425 g/mol. The van der Waals surface area contributed by atoms with Gasteiger partial charge in [0.05, 0.1) is 0 Å². The Morgan fingerprint density at radius 1 is 1.32 bits per heavy atom. The summed E-state index contributed by atoms with van der Waals surface area (Å²) < 4.78 is 28.6. The molecule has 9 heteroatoms. The van der Waals surface area contributed by atoms with E-state index in [1.165, 1.54) is 10.5 Å². The van der Waals surface area contributed by atoms with E-state index in [2.05, 4.69) is 10.3 Å². The molecule has 1 fully saturated rings. The third-order valence-electron chi connectivity index (χ3n) is 5.12. The van der Waals surface area contributed by atoms with Gasteiger partial charge >= 0.3 is 0 Å². The highest BCUT2D eigenvalue weighted by atomic mass is 35.5. The Balaban J connectivity index is 1.49. The number of nitrogens with zero attached hydrogens (tertiary/aromatic N) is 3. The van der Waals surface area contributed by atoms with Crippen LogP contribution in [0.4, 0.5) is 0 Å². The van der Waals surface area contributed by atoms with Crippen molar-refractivity contribution in [3.63, 3.8) is 0 Å². The van der Waals surface area contributed by atoms with Gasteiger partial charge in [-0.3, -0.25) is 4.79 Å². The molecule has 1 aliphatic rings. The molecule has 0 saturated carbocycles. The van der Waals surface area contributed by atoms with Gasteiger partial charge in [0.1, 0.15) is 5.82 Å². The van der Waals surface area contributed by atoms with Gasteiger partial charge in [-0.15, -0.1) is 0 Å². The van der Waals surface area contributed by atoms with Crippen LogP contribution in [-0.2, 0) is 28.3 Å². The summed E-state index contributed by atoms with van der Waals surface area (Å²) in [4.78, 5) is 16.5. The van der Waals surface area contributed by atoms with Crippen molar-refractivity contribution in [3.8, 4) is 0 Å². The number of sulfonamides is 1. The molecule has 0 bridgehead atoms. The maximum Gasteiger partial charge on any atom is 0.262 e. The Bertz CT molecular complexity index is 930. The highest BCUT2D eigenvalue weighted by molar-refractivity contribution is 7.89. The van der Waals surface area contributed by atoms with Gasteiger partial charge in [-0.05, 0) is 43.9 Å². The van der Waals surface area contributed by atoms with Crippen molar-refractivity contribution in [2.75, 3.05) is 19.6 Å². The van der Waals surface area contributed by atoms with Crippen molar-refractivity contribution in [1.29, 1.82) is 0 Å². The topological polar surface area (TPSA) is 84.3 Å². The molecule has 2 aromatic rings. The Morgan fingerprint density at radius 2 is 2.04 bits per heavy atom. The molecule has 1 N–H and O–H groups in total. The third-order valence-corrected chi connectivity index (χ3v) is 7.12. The van der Waals surface area contributed by atoms with E-state index in [0.29, 0.717) is 49.7 Å². The van der Waals surface area contributed by atoms with E-state index in [1.807, 2.05) is 24.3 Å². The minimum Gasteiger partial charge on any atom is -0.356 e. The molecule has 1 amide bonds. The van der Waals surface area contributed by atoms with Crippen LogP contribution in [0.5, 0.6) is 0 Å². The van der Waals surface area contributed by atoms with Crippen LogP contribution in [-0.4, -0.2) is 47.8 Å². The highest BCUT2D eigenvalue weighted by Crippen LogP contribution is 2.23. The van der Waals surface area contributed by atoms with E-state index in [-0.39, 0.29) is 16.9 Å². The molecule has 0 spiro atoms. The van der Waals surface area contributed by atoms with E-state index in [1.54, 1.807) is 18.5 Å². The van der Waals surface area contributed by atoms with Crippen molar-refractivity contribution < 1.29 is 13.2 Å². The number of imidazole rings is 1. The lowest BCUT2D eigenvalue weighted by Crippen LogP contribution is -2.43. The summed E-state index contributed by atoms with van der Waals surface area (Å²) in [7, 11) is -1.85. The maximum absolute atomic E-state index is 12.7. The van der Waals surface area contributed by atoms with Crippen LogP contribution < -0.4 is 5.32 Å². The molecule has 3 rings (SSSR count). The summed E-state index contributed by atoms with van der Waals surface area (Å²) in [6, 6.07) is 7.56. The van der Waals surface area contributed by atoms with E-state index in [4.69, 9.17) is 11.6 Å². The summed E-state index contributed by atoms with van der Waals surface area (Å²) in [5.41, 5.74) is 1.07. The Morgan fingerprint density at radius 3 is 2.64 bits per heavy atom. The SMILES string of the molecule is Cc1nc(S(=O)(=O)N2CCC(C(=O)NCCc3cccc(Cl)c3)CC2)cn1C. The lowest BCUT2D eigenvalue weighted by atomic mass is 9.97. The first kappa shape index (κ1) is 20.8. The Labute approximate surface area is 170 Å². The number of hydrogen-bond acceptors (Lipinski definition) is 4. The van der Waals surface area contributed by atoms with Crippen LogP contribution in [0.15, 0.2) is 35.5 Å². The predicted molar refractivity (Wildman–Crippen MR) is 108 cm³/mol. The number of nitrogens with one attached hydrogen (secondary N) is 1. The number of amides is 1. The first-order valence-corrected chi connectivity index (χ1v) is 11.1. The second kappa shape index (κ2) is 8.63. The van der Waals surface area contributed by atoms with Crippen molar-refractivity contribution in [2.24, 2.45) is 13.0 Å². The number of hydrogen-bond donors (Lipinski definition) is 1. The molecule has 1 aromatic heterocycles. The largest absolute Gasteiger partial charge is 0.356 e. The fraction of sp³-hybridized carbons (Fsp3) is 0.474. The Hall–Kier alpha value is -1.90. The highest BCUT2D eigenvalue weighted by Gasteiger charge is 2.33. The normalized spacial score (nSPS) is 16.2. The van der Waals surface area contributed by atoms with Gasteiger partial charge in [-0.25, -0.2) is 13.4 Å². The number of piperidine rings is 1. The van der Waals surface area contributed by atoms with Gasteiger partial charge in [0, 0.05) is 43.8 Å². The van der Waals surface area contributed by atoms with E-state index in [0.717, 1.165) is 5.56 Å². The van der Waals surface area contributed by atoms with Crippen LogP contribution in [0.3, 0.4) is 0 Å². The van der Waals surface area contributed by atoms with Gasteiger partial charge in [0.25, 0.3) is 10.0 Å². The number of benzene rings is 1. The van der Waals surface area contributed by atoms with Gasteiger partial charge in [0.15, 0.2) is 5.03 Å². The molecular weight excluding hydrogens is 400 g/mol. The first-order chi connectivity index (χ1) is 13.3. The van der Waals surface area contributed by atoms with Crippen LogP contribution >= 0.6 is 11.6 Å². The summed E-state index contributed by atoms with van der Waals surface area (Å²) in [6.07, 6.45) is 3.25. The molecule has 152 valence electrons. The van der Waals surface area contributed by atoms with Crippen LogP contribution in [0.25, 0.3) is 0 Å². The average Bonchev–Trinajstić information content (AvgIpc) is 3.01. The van der Waals surface area contributed by atoms with Crippen molar-refractivity contribution in [1.82, 2.24) is 19.2 Å². The predicted octanol–water partition coefficient (Wildman–Crippen LogP) is 2.14. The zero-order chi connectivity index (χ0) is 20.3. The molecule has 2 heterocycles. The Kier molecular flexibility index (Phi) is 6.42. The van der Waals surface area contributed by atoms with Crippen LogP contribution in [0.2, 0.25) is 5.02 Å². The van der Waals surface area contributed by atoms with Crippen molar-refractivity contribution in [2.45, 2.75) is 31.2 Å². The molecule has 0 radical (unpaired) electrons. The van der Waals surface area contributed by atoms with Gasteiger partial charge in [-0.1, -0.05) is 23.7 Å². The monoisotopic (exact) mass is 424 g/mol.